The normalized spacial score (nSPS) is 16.1. The molecule has 0 aromatic heterocycles. The lowest BCUT2D eigenvalue weighted by Gasteiger charge is -2.10. The van der Waals surface area contributed by atoms with Crippen LogP contribution in [0.15, 0.2) is 22.7 Å². The summed E-state index contributed by atoms with van der Waals surface area (Å²) >= 11 is 3.23. The fraction of sp³-hybridized carbons (Fsp3) is 0.364. The lowest BCUT2D eigenvalue weighted by atomic mass is 10.1. The van der Waals surface area contributed by atoms with Gasteiger partial charge >= 0.3 is 0 Å². The number of amides is 1. The third-order valence-electron chi connectivity index (χ3n) is 2.63. The molecule has 0 bridgehead atoms. The van der Waals surface area contributed by atoms with Crippen LogP contribution in [0.1, 0.15) is 10.4 Å². The maximum atomic E-state index is 13.0. The average molecular weight is 302 g/mol. The van der Waals surface area contributed by atoms with E-state index in [1.165, 1.54) is 18.2 Å². The summed E-state index contributed by atoms with van der Waals surface area (Å²) in [5.41, 5.74) is 6.29. The van der Waals surface area contributed by atoms with Gasteiger partial charge in [0.1, 0.15) is 5.82 Å². The van der Waals surface area contributed by atoms with Crippen molar-refractivity contribution in [3.63, 3.8) is 0 Å². The molecule has 0 atom stereocenters. The van der Waals surface area contributed by atoms with Crippen molar-refractivity contribution in [1.82, 2.24) is 16.2 Å². The highest BCUT2D eigenvalue weighted by Gasteiger charge is 2.16. The minimum absolute atomic E-state index is 0.261. The Morgan fingerprint density at radius 3 is 2.88 bits per heavy atom. The van der Waals surface area contributed by atoms with E-state index in [0.29, 0.717) is 22.5 Å². The van der Waals surface area contributed by atoms with Gasteiger partial charge in [0.2, 0.25) is 0 Å². The predicted octanol–water partition coefficient (Wildman–Crippen LogP) is 1.04. The maximum Gasteiger partial charge on any atom is 0.252 e. The number of carbonyl (C=O) groups is 1. The molecule has 0 unspecified atom stereocenters. The average Bonchev–Trinajstić information content (AvgIpc) is 2.82. The number of halogens is 2. The Kier molecular flexibility index (Phi) is 4.09. The van der Waals surface area contributed by atoms with Crippen molar-refractivity contribution >= 4 is 21.8 Å². The summed E-state index contributed by atoms with van der Waals surface area (Å²) in [6.45, 7) is 2.22. The molecule has 0 radical (unpaired) electrons. The minimum atomic E-state index is -0.414. The van der Waals surface area contributed by atoms with Crippen LogP contribution in [0.2, 0.25) is 0 Å². The molecule has 1 aliphatic heterocycles. The zero-order valence-corrected chi connectivity index (χ0v) is 10.7. The number of hydrogen-bond donors (Lipinski definition) is 3. The molecule has 1 aliphatic rings. The highest BCUT2D eigenvalue weighted by Crippen LogP contribution is 2.17. The molecule has 92 valence electrons. The van der Waals surface area contributed by atoms with E-state index >= 15 is 0 Å². The van der Waals surface area contributed by atoms with Crippen LogP contribution in [0.3, 0.4) is 0 Å². The fourth-order valence-corrected chi connectivity index (χ4v) is 2.08. The van der Waals surface area contributed by atoms with Gasteiger partial charge < -0.3 is 5.32 Å². The molecule has 1 heterocycles. The lowest BCUT2D eigenvalue weighted by Crippen LogP contribution is -2.31. The number of hydrazine groups is 1. The Bertz CT molecular complexity index is 421. The number of nitrogens with one attached hydrogen (secondary N) is 3. The maximum absolute atomic E-state index is 13.0. The standard InChI is InChI=1S/C11H13BrFN3O/c12-10-2-1-8(13)3-9(10)11(17)14-4-7-5-15-16-6-7/h1-3,7,15-16H,4-6H2,(H,14,17). The van der Waals surface area contributed by atoms with Crippen LogP contribution in [-0.2, 0) is 0 Å². The van der Waals surface area contributed by atoms with Gasteiger partial charge in [-0.2, -0.15) is 0 Å². The molecule has 1 saturated heterocycles. The van der Waals surface area contributed by atoms with Crippen LogP contribution in [0, 0.1) is 11.7 Å². The molecule has 0 spiro atoms. The first kappa shape index (κ1) is 12.5. The Morgan fingerprint density at radius 1 is 1.47 bits per heavy atom. The van der Waals surface area contributed by atoms with E-state index in [1.54, 1.807) is 0 Å². The van der Waals surface area contributed by atoms with Crippen molar-refractivity contribution in [2.45, 2.75) is 0 Å². The summed E-state index contributed by atoms with van der Waals surface area (Å²) in [6.07, 6.45) is 0. The summed E-state index contributed by atoms with van der Waals surface area (Å²) < 4.78 is 13.6. The van der Waals surface area contributed by atoms with E-state index in [4.69, 9.17) is 0 Å². The van der Waals surface area contributed by atoms with Crippen molar-refractivity contribution in [1.29, 1.82) is 0 Å². The van der Waals surface area contributed by atoms with Crippen LogP contribution in [0.5, 0.6) is 0 Å². The van der Waals surface area contributed by atoms with Crippen molar-refractivity contribution in [3.05, 3.63) is 34.1 Å². The number of benzene rings is 1. The molecule has 4 nitrogen and oxygen atoms in total. The van der Waals surface area contributed by atoms with Gasteiger partial charge in [-0.25, -0.2) is 4.39 Å². The summed E-state index contributed by atoms with van der Waals surface area (Å²) in [7, 11) is 0. The largest absolute Gasteiger partial charge is 0.352 e. The van der Waals surface area contributed by atoms with Gasteiger partial charge in [-0.3, -0.25) is 15.6 Å². The monoisotopic (exact) mass is 301 g/mol. The van der Waals surface area contributed by atoms with Crippen LogP contribution < -0.4 is 16.2 Å². The molecule has 1 amide bonds. The highest BCUT2D eigenvalue weighted by molar-refractivity contribution is 9.10. The van der Waals surface area contributed by atoms with Crippen molar-refractivity contribution < 1.29 is 9.18 Å². The van der Waals surface area contributed by atoms with Crippen molar-refractivity contribution in [3.8, 4) is 0 Å². The zero-order chi connectivity index (χ0) is 12.3. The molecule has 3 N–H and O–H groups in total. The lowest BCUT2D eigenvalue weighted by molar-refractivity contribution is 0.0947. The molecule has 0 aliphatic carbocycles. The van der Waals surface area contributed by atoms with Crippen LogP contribution in [0.4, 0.5) is 4.39 Å². The van der Waals surface area contributed by atoms with Crippen molar-refractivity contribution in [2.75, 3.05) is 19.6 Å². The molecule has 0 saturated carbocycles. The van der Waals surface area contributed by atoms with Crippen LogP contribution >= 0.6 is 15.9 Å². The molecule has 1 aromatic rings. The Labute approximate surface area is 107 Å². The number of hydrogen-bond acceptors (Lipinski definition) is 3. The number of rotatable bonds is 3. The zero-order valence-electron chi connectivity index (χ0n) is 9.09. The van der Waals surface area contributed by atoms with E-state index in [2.05, 4.69) is 32.1 Å². The molecule has 1 fully saturated rings. The fourth-order valence-electron chi connectivity index (χ4n) is 1.65. The molecule has 1 aromatic carbocycles. The van der Waals surface area contributed by atoms with Crippen molar-refractivity contribution in [2.24, 2.45) is 5.92 Å². The summed E-state index contributed by atoms with van der Waals surface area (Å²) in [5.74, 6) is -0.308. The van der Waals surface area contributed by atoms with Gasteiger partial charge in [0, 0.05) is 30.0 Å². The predicted molar refractivity (Wildman–Crippen MR) is 65.9 cm³/mol. The Hall–Kier alpha value is -0.980. The quantitative estimate of drug-likeness (QED) is 0.782. The second-order valence-corrected chi connectivity index (χ2v) is 4.82. The van der Waals surface area contributed by atoms with Crippen LogP contribution in [0.25, 0.3) is 0 Å². The van der Waals surface area contributed by atoms with E-state index in [9.17, 15) is 9.18 Å². The Morgan fingerprint density at radius 2 is 2.18 bits per heavy atom. The van der Waals surface area contributed by atoms with Gasteiger partial charge in [-0.15, -0.1) is 0 Å². The summed E-state index contributed by atoms with van der Waals surface area (Å²) in [4.78, 5) is 11.8. The third kappa shape index (κ3) is 3.24. The van der Waals surface area contributed by atoms with Gasteiger partial charge in [-0.1, -0.05) is 0 Å². The number of carbonyl (C=O) groups excluding carboxylic acids is 1. The first-order chi connectivity index (χ1) is 8.16. The van der Waals surface area contributed by atoms with Gasteiger partial charge in [0.05, 0.1) is 5.56 Å². The molecule has 6 heteroatoms. The molecular weight excluding hydrogens is 289 g/mol. The third-order valence-corrected chi connectivity index (χ3v) is 3.32. The van der Waals surface area contributed by atoms with E-state index in [-0.39, 0.29) is 5.91 Å². The SMILES string of the molecule is O=C(NCC1CNNC1)c1cc(F)ccc1Br. The van der Waals surface area contributed by atoms with Crippen LogP contribution in [-0.4, -0.2) is 25.5 Å². The molecular formula is C11H13BrFN3O. The van der Waals surface area contributed by atoms with E-state index in [1.807, 2.05) is 0 Å². The Balaban J connectivity index is 1.96. The summed E-state index contributed by atoms with van der Waals surface area (Å²) in [5, 5.41) is 2.79. The van der Waals surface area contributed by atoms with Gasteiger partial charge in [0.15, 0.2) is 0 Å². The second-order valence-electron chi connectivity index (χ2n) is 3.96. The summed E-state index contributed by atoms with van der Waals surface area (Å²) in [6, 6.07) is 4.07. The highest BCUT2D eigenvalue weighted by atomic mass is 79.9. The van der Waals surface area contributed by atoms with E-state index in [0.717, 1.165) is 13.1 Å². The smallest absolute Gasteiger partial charge is 0.252 e. The first-order valence-corrected chi connectivity index (χ1v) is 6.15. The molecule has 2 rings (SSSR count). The minimum Gasteiger partial charge on any atom is -0.352 e. The van der Waals surface area contributed by atoms with Gasteiger partial charge in [-0.05, 0) is 34.1 Å². The first-order valence-electron chi connectivity index (χ1n) is 5.36. The van der Waals surface area contributed by atoms with E-state index < -0.39 is 5.82 Å². The van der Waals surface area contributed by atoms with Gasteiger partial charge in [0.25, 0.3) is 5.91 Å². The topological polar surface area (TPSA) is 53.2 Å². The molecule has 17 heavy (non-hydrogen) atoms. The second kappa shape index (κ2) is 5.57.